The normalized spacial score (nSPS) is 13.3. The molecule has 0 fully saturated rings. The molecule has 32 heavy (non-hydrogen) atoms. The van der Waals surface area contributed by atoms with Crippen molar-refractivity contribution in [3.8, 4) is 0 Å². The molecular formula is C28H56O4. The van der Waals surface area contributed by atoms with E-state index >= 15 is 0 Å². The van der Waals surface area contributed by atoms with Crippen LogP contribution in [0.15, 0.2) is 0 Å². The molecule has 0 spiro atoms. The Morgan fingerprint density at radius 1 is 0.500 bits per heavy atom. The number of aliphatic hydroxyl groups excluding tert-OH is 2. The van der Waals surface area contributed by atoms with Gasteiger partial charge in [0.2, 0.25) is 0 Å². The Morgan fingerprint density at radius 3 is 1.16 bits per heavy atom. The molecular weight excluding hydrogens is 400 g/mol. The molecule has 0 rings (SSSR count). The highest BCUT2D eigenvalue weighted by Gasteiger charge is 2.07. The summed E-state index contributed by atoms with van der Waals surface area (Å²) in [6.45, 7) is 1.99. The van der Waals surface area contributed by atoms with Crippen molar-refractivity contribution in [2.24, 2.45) is 0 Å². The second-order valence-corrected chi connectivity index (χ2v) is 9.94. The zero-order valence-electron chi connectivity index (χ0n) is 21.4. The number of hydrogen-bond acceptors (Lipinski definition) is 3. The third-order valence-corrected chi connectivity index (χ3v) is 6.73. The third-order valence-electron chi connectivity index (χ3n) is 6.73. The minimum Gasteiger partial charge on any atom is -0.481 e. The SMILES string of the molecule is CCC(O)CCC(O)CCCCCCCCCCCCCCCCCCCCCC(=O)O. The summed E-state index contributed by atoms with van der Waals surface area (Å²) in [6.07, 6.45) is 27.5. The first kappa shape index (κ1) is 31.4. The first-order chi connectivity index (χ1) is 15.6. The molecule has 0 aromatic carbocycles. The summed E-state index contributed by atoms with van der Waals surface area (Å²) in [5.41, 5.74) is 0. The Bertz CT molecular complexity index is 386. The van der Waals surface area contributed by atoms with Gasteiger partial charge in [-0.05, 0) is 32.1 Å². The van der Waals surface area contributed by atoms with E-state index < -0.39 is 5.97 Å². The minimum atomic E-state index is -0.662. The molecule has 0 bridgehead atoms. The van der Waals surface area contributed by atoms with Crippen molar-refractivity contribution in [1.82, 2.24) is 0 Å². The van der Waals surface area contributed by atoms with Gasteiger partial charge in [-0.2, -0.15) is 0 Å². The van der Waals surface area contributed by atoms with Crippen molar-refractivity contribution < 1.29 is 20.1 Å². The van der Waals surface area contributed by atoms with Crippen LogP contribution in [-0.4, -0.2) is 33.5 Å². The van der Waals surface area contributed by atoms with Crippen LogP contribution in [0.5, 0.6) is 0 Å². The Hall–Kier alpha value is -0.610. The van der Waals surface area contributed by atoms with Crippen LogP contribution in [0.25, 0.3) is 0 Å². The number of unbranched alkanes of at least 4 members (excludes halogenated alkanes) is 18. The van der Waals surface area contributed by atoms with Gasteiger partial charge in [0.15, 0.2) is 0 Å². The second kappa shape index (κ2) is 25.0. The molecule has 3 N–H and O–H groups in total. The van der Waals surface area contributed by atoms with Crippen molar-refractivity contribution in [1.29, 1.82) is 0 Å². The van der Waals surface area contributed by atoms with E-state index in [4.69, 9.17) is 5.11 Å². The standard InChI is InChI=1S/C28H56O4/c1-2-26(29)24-25-27(30)22-20-18-16-14-12-10-8-6-4-3-5-7-9-11-13-15-17-19-21-23-28(31)32/h26-27,29-30H,2-25H2,1H3,(H,31,32). The van der Waals surface area contributed by atoms with Crippen molar-refractivity contribution in [3.05, 3.63) is 0 Å². The summed E-state index contributed by atoms with van der Waals surface area (Å²) in [7, 11) is 0. The molecule has 0 amide bonds. The van der Waals surface area contributed by atoms with Gasteiger partial charge in [-0.1, -0.05) is 122 Å². The third kappa shape index (κ3) is 25.6. The van der Waals surface area contributed by atoms with Gasteiger partial charge >= 0.3 is 5.97 Å². The van der Waals surface area contributed by atoms with Crippen molar-refractivity contribution >= 4 is 5.97 Å². The fourth-order valence-electron chi connectivity index (χ4n) is 4.39. The molecule has 2 atom stereocenters. The van der Waals surface area contributed by atoms with Gasteiger partial charge in [-0.15, -0.1) is 0 Å². The van der Waals surface area contributed by atoms with E-state index in [1.807, 2.05) is 6.92 Å². The quantitative estimate of drug-likeness (QED) is 0.115. The molecule has 0 aliphatic carbocycles. The summed E-state index contributed by atoms with van der Waals surface area (Å²) in [4.78, 5) is 10.4. The Kier molecular flexibility index (Phi) is 24.5. The number of carboxylic acid groups (broad SMARTS) is 1. The van der Waals surface area contributed by atoms with Crippen LogP contribution in [0, 0.1) is 0 Å². The summed E-state index contributed by atoms with van der Waals surface area (Å²) in [5.74, 6) is -0.662. The largest absolute Gasteiger partial charge is 0.481 e. The molecule has 0 saturated heterocycles. The highest BCUT2D eigenvalue weighted by Crippen LogP contribution is 2.16. The minimum absolute atomic E-state index is 0.224. The average molecular weight is 457 g/mol. The highest BCUT2D eigenvalue weighted by atomic mass is 16.4. The fraction of sp³-hybridized carbons (Fsp3) is 0.964. The van der Waals surface area contributed by atoms with E-state index in [9.17, 15) is 15.0 Å². The van der Waals surface area contributed by atoms with E-state index in [2.05, 4.69) is 0 Å². The van der Waals surface area contributed by atoms with Gasteiger partial charge in [0, 0.05) is 6.42 Å². The van der Waals surface area contributed by atoms with Gasteiger partial charge in [-0.3, -0.25) is 4.79 Å². The molecule has 0 radical (unpaired) electrons. The molecule has 0 saturated carbocycles. The maximum Gasteiger partial charge on any atom is 0.303 e. The lowest BCUT2D eigenvalue weighted by molar-refractivity contribution is -0.137. The first-order valence-corrected chi connectivity index (χ1v) is 14.1. The van der Waals surface area contributed by atoms with Crippen LogP contribution in [0.2, 0.25) is 0 Å². The zero-order valence-corrected chi connectivity index (χ0v) is 21.4. The van der Waals surface area contributed by atoms with E-state index in [1.165, 1.54) is 103 Å². The maximum atomic E-state index is 10.4. The molecule has 0 aromatic rings. The lowest BCUT2D eigenvalue weighted by atomic mass is 10.0. The number of hydrogen-bond donors (Lipinski definition) is 3. The zero-order chi connectivity index (χ0) is 23.7. The van der Waals surface area contributed by atoms with Crippen LogP contribution < -0.4 is 0 Å². The monoisotopic (exact) mass is 456 g/mol. The molecule has 4 heteroatoms. The Labute approximate surface area is 199 Å². The van der Waals surface area contributed by atoms with E-state index in [1.54, 1.807) is 0 Å². The molecule has 2 unspecified atom stereocenters. The first-order valence-electron chi connectivity index (χ1n) is 14.1. The smallest absolute Gasteiger partial charge is 0.303 e. The topological polar surface area (TPSA) is 77.8 Å². The van der Waals surface area contributed by atoms with Gasteiger partial charge in [0.25, 0.3) is 0 Å². The van der Waals surface area contributed by atoms with Crippen LogP contribution in [0.3, 0.4) is 0 Å². The summed E-state index contributed by atoms with van der Waals surface area (Å²) >= 11 is 0. The van der Waals surface area contributed by atoms with Gasteiger partial charge in [0.05, 0.1) is 12.2 Å². The number of rotatable bonds is 26. The second-order valence-electron chi connectivity index (χ2n) is 9.94. The van der Waals surface area contributed by atoms with Crippen molar-refractivity contribution in [3.63, 3.8) is 0 Å². The lowest BCUT2D eigenvalue weighted by Crippen LogP contribution is -2.12. The van der Waals surface area contributed by atoms with Crippen LogP contribution >= 0.6 is 0 Å². The molecule has 0 aliphatic heterocycles. The van der Waals surface area contributed by atoms with E-state index in [0.29, 0.717) is 6.42 Å². The molecule has 4 nitrogen and oxygen atoms in total. The van der Waals surface area contributed by atoms with Crippen molar-refractivity contribution in [2.75, 3.05) is 0 Å². The van der Waals surface area contributed by atoms with Gasteiger partial charge < -0.3 is 15.3 Å². The molecule has 0 aliphatic rings. The predicted octanol–water partition coefficient (Wildman–Crippen LogP) is 8.18. The maximum absolute atomic E-state index is 10.4. The van der Waals surface area contributed by atoms with Crippen LogP contribution in [0.4, 0.5) is 0 Å². The Balaban J connectivity index is 3.11. The average Bonchev–Trinajstić information content (AvgIpc) is 2.78. The lowest BCUT2D eigenvalue weighted by Gasteiger charge is -2.12. The number of aliphatic carboxylic acids is 1. The van der Waals surface area contributed by atoms with Crippen molar-refractivity contribution in [2.45, 2.75) is 173 Å². The molecule has 0 aromatic heterocycles. The number of aliphatic hydroxyl groups is 2. The number of carboxylic acids is 1. The molecule has 0 heterocycles. The van der Waals surface area contributed by atoms with Gasteiger partial charge in [0.1, 0.15) is 0 Å². The van der Waals surface area contributed by atoms with E-state index in [-0.39, 0.29) is 12.2 Å². The highest BCUT2D eigenvalue weighted by molar-refractivity contribution is 5.66. The van der Waals surface area contributed by atoms with E-state index in [0.717, 1.165) is 44.9 Å². The summed E-state index contributed by atoms with van der Waals surface area (Å²) in [5, 5.41) is 28.1. The predicted molar refractivity (Wildman–Crippen MR) is 136 cm³/mol. The van der Waals surface area contributed by atoms with Crippen LogP contribution in [0.1, 0.15) is 161 Å². The molecule has 192 valence electrons. The Morgan fingerprint density at radius 2 is 0.812 bits per heavy atom. The summed E-state index contributed by atoms with van der Waals surface area (Å²) < 4.78 is 0. The van der Waals surface area contributed by atoms with Gasteiger partial charge in [-0.25, -0.2) is 0 Å². The number of carbonyl (C=O) groups is 1. The fourth-order valence-corrected chi connectivity index (χ4v) is 4.39. The summed E-state index contributed by atoms with van der Waals surface area (Å²) in [6, 6.07) is 0. The van der Waals surface area contributed by atoms with Crippen LogP contribution in [-0.2, 0) is 4.79 Å².